The summed E-state index contributed by atoms with van der Waals surface area (Å²) in [5.41, 5.74) is 0. The fourth-order valence-electron chi connectivity index (χ4n) is 2.92. The molecule has 2 heterocycles. The van der Waals surface area contributed by atoms with Crippen molar-refractivity contribution in [3.05, 3.63) is 17.5 Å². The molecule has 0 aromatic carbocycles. The number of rotatable bonds is 4. The number of carbonyl (C=O) groups excluding carboxylic acids is 2. The van der Waals surface area contributed by atoms with Gasteiger partial charge >= 0.3 is 12.1 Å². The van der Waals surface area contributed by atoms with Crippen LogP contribution in [0.5, 0.6) is 0 Å². The molecular weight excluding hydrogens is 302 g/mol. The number of anilines is 1. The van der Waals surface area contributed by atoms with E-state index in [2.05, 4.69) is 10.6 Å². The van der Waals surface area contributed by atoms with Crippen LogP contribution in [-0.2, 0) is 4.74 Å². The predicted octanol–water partition coefficient (Wildman–Crippen LogP) is 2.71. The molecule has 2 fully saturated rings. The molecule has 0 spiro atoms. The summed E-state index contributed by atoms with van der Waals surface area (Å²) in [6, 6.07) is 3.90. The summed E-state index contributed by atoms with van der Waals surface area (Å²) in [6.07, 6.45) is 5.09. The van der Waals surface area contributed by atoms with Gasteiger partial charge in [0.05, 0.1) is 13.1 Å². The third-order valence-corrected chi connectivity index (χ3v) is 4.97. The number of hydrogen-bond acceptors (Lipinski definition) is 4. The number of amides is 3. The Morgan fingerprint density at radius 2 is 2.18 bits per heavy atom. The minimum absolute atomic E-state index is 0.169. The SMILES string of the molecule is O=C(NCC1CN(c2cccs2)C(=O)O1)NC1CCCCC1. The molecule has 0 bridgehead atoms. The number of cyclic esters (lactones) is 1. The summed E-state index contributed by atoms with van der Waals surface area (Å²) in [7, 11) is 0. The number of thiophene rings is 1. The van der Waals surface area contributed by atoms with E-state index in [0.29, 0.717) is 13.1 Å². The van der Waals surface area contributed by atoms with Gasteiger partial charge in [-0.05, 0) is 30.4 Å². The summed E-state index contributed by atoms with van der Waals surface area (Å²) in [5.74, 6) is 0. The number of urea groups is 1. The summed E-state index contributed by atoms with van der Waals surface area (Å²) in [4.78, 5) is 25.3. The first-order chi connectivity index (χ1) is 10.7. The molecule has 1 atom stereocenters. The fourth-order valence-corrected chi connectivity index (χ4v) is 3.65. The van der Waals surface area contributed by atoms with Crippen molar-refractivity contribution in [2.24, 2.45) is 0 Å². The van der Waals surface area contributed by atoms with E-state index in [9.17, 15) is 9.59 Å². The molecule has 2 aliphatic rings. The van der Waals surface area contributed by atoms with E-state index >= 15 is 0 Å². The van der Waals surface area contributed by atoms with Crippen LogP contribution in [0.2, 0.25) is 0 Å². The largest absolute Gasteiger partial charge is 0.442 e. The summed E-state index contributed by atoms with van der Waals surface area (Å²) in [6.45, 7) is 0.815. The topological polar surface area (TPSA) is 70.7 Å². The normalized spacial score (nSPS) is 22.5. The van der Waals surface area contributed by atoms with Crippen LogP contribution in [0.3, 0.4) is 0 Å². The van der Waals surface area contributed by atoms with Crippen LogP contribution in [0, 0.1) is 0 Å². The lowest BCUT2D eigenvalue weighted by molar-refractivity contribution is 0.140. The van der Waals surface area contributed by atoms with Gasteiger partial charge in [-0.1, -0.05) is 19.3 Å². The highest BCUT2D eigenvalue weighted by atomic mass is 32.1. The van der Waals surface area contributed by atoms with Gasteiger partial charge in [0.25, 0.3) is 0 Å². The number of hydrogen-bond donors (Lipinski definition) is 2. The van der Waals surface area contributed by atoms with Gasteiger partial charge in [-0.15, -0.1) is 11.3 Å². The molecule has 1 aliphatic heterocycles. The minimum atomic E-state index is -0.345. The maximum atomic E-state index is 11.9. The molecular formula is C15H21N3O3S. The molecule has 3 rings (SSSR count). The van der Waals surface area contributed by atoms with Crippen molar-refractivity contribution in [1.29, 1.82) is 0 Å². The van der Waals surface area contributed by atoms with Crippen molar-refractivity contribution in [2.45, 2.75) is 44.2 Å². The van der Waals surface area contributed by atoms with Gasteiger partial charge in [0, 0.05) is 6.04 Å². The monoisotopic (exact) mass is 323 g/mol. The van der Waals surface area contributed by atoms with Crippen molar-refractivity contribution in [2.75, 3.05) is 18.0 Å². The van der Waals surface area contributed by atoms with Crippen LogP contribution in [0.1, 0.15) is 32.1 Å². The van der Waals surface area contributed by atoms with Gasteiger partial charge in [-0.3, -0.25) is 4.90 Å². The van der Waals surface area contributed by atoms with E-state index in [-0.39, 0.29) is 24.3 Å². The van der Waals surface area contributed by atoms with Crippen LogP contribution in [-0.4, -0.2) is 37.4 Å². The second kappa shape index (κ2) is 7.00. The van der Waals surface area contributed by atoms with Crippen molar-refractivity contribution < 1.29 is 14.3 Å². The quantitative estimate of drug-likeness (QED) is 0.895. The molecule has 2 N–H and O–H groups in total. The minimum Gasteiger partial charge on any atom is -0.442 e. The van der Waals surface area contributed by atoms with Gasteiger partial charge in [0.15, 0.2) is 0 Å². The molecule has 22 heavy (non-hydrogen) atoms. The zero-order valence-electron chi connectivity index (χ0n) is 12.4. The first-order valence-corrected chi connectivity index (χ1v) is 8.66. The Morgan fingerprint density at radius 3 is 2.91 bits per heavy atom. The average molecular weight is 323 g/mol. The van der Waals surface area contributed by atoms with Crippen molar-refractivity contribution in [3.63, 3.8) is 0 Å². The second-order valence-corrected chi connectivity index (χ2v) is 6.68. The van der Waals surface area contributed by atoms with Gasteiger partial charge in [0.2, 0.25) is 0 Å². The van der Waals surface area contributed by atoms with Crippen LogP contribution in [0.25, 0.3) is 0 Å². The average Bonchev–Trinajstić information content (AvgIpc) is 3.15. The van der Waals surface area contributed by atoms with E-state index in [1.165, 1.54) is 30.6 Å². The second-order valence-electron chi connectivity index (χ2n) is 5.76. The van der Waals surface area contributed by atoms with E-state index < -0.39 is 0 Å². The highest BCUT2D eigenvalue weighted by Gasteiger charge is 2.33. The molecule has 1 unspecified atom stereocenters. The van der Waals surface area contributed by atoms with E-state index in [1.807, 2.05) is 17.5 Å². The number of ether oxygens (including phenoxy) is 1. The Bertz CT molecular complexity index is 514. The van der Waals surface area contributed by atoms with Gasteiger partial charge in [-0.2, -0.15) is 0 Å². The lowest BCUT2D eigenvalue weighted by atomic mass is 9.96. The molecule has 3 amide bonds. The van der Waals surface area contributed by atoms with Crippen molar-refractivity contribution in [3.8, 4) is 0 Å². The zero-order chi connectivity index (χ0) is 15.4. The number of nitrogens with one attached hydrogen (secondary N) is 2. The van der Waals surface area contributed by atoms with Crippen LogP contribution >= 0.6 is 11.3 Å². The Kier molecular flexibility index (Phi) is 4.82. The zero-order valence-corrected chi connectivity index (χ0v) is 13.2. The smallest absolute Gasteiger partial charge is 0.415 e. The van der Waals surface area contributed by atoms with Gasteiger partial charge < -0.3 is 15.4 Å². The first kappa shape index (κ1) is 15.1. The van der Waals surface area contributed by atoms with Crippen LogP contribution < -0.4 is 15.5 Å². The Labute approximate surface area is 133 Å². The predicted molar refractivity (Wildman–Crippen MR) is 85.3 cm³/mol. The molecule has 1 aromatic rings. The molecule has 6 nitrogen and oxygen atoms in total. The van der Waals surface area contributed by atoms with Crippen LogP contribution in [0.4, 0.5) is 14.6 Å². The highest BCUT2D eigenvalue weighted by molar-refractivity contribution is 7.14. The van der Waals surface area contributed by atoms with Gasteiger partial charge in [0.1, 0.15) is 11.1 Å². The lowest BCUT2D eigenvalue weighted by Gasteiger charge is -2.23. The van der Waals surface area contributed by atoms with Crippen molar-refractivity contribution >= 4 is 28.5 Å². The fraction of sp³-hybridized carbons (Fsp3) is 0.600. The first-order valence-electron chi connectivity index (χ1n) is 7.78. The highest BCUT2D eigenvalue weighted by Crippen LogP contribution is 2.26. The summed E-state index contributed by atoms with van der Waals surface area (Å²) >= 11 is 1.50. The van der Waals surface area contributed by atoms with Gasteiger partial charge in [-0.25, -0.2) is 9.59 Å². The lowest BCUT2D eigenvalue weighted by Crippen LogP contribution is -2.45. The van der Waals surface area contributed by atoms with E-state index in [0.717, 1.165) is 17.8 Å². The third kappa shape index (κ3) is 3.71. The van der Waals surface area contributed by atoms with Crippen molar-refractivity contribution in [1.82, 2.24) is 10.6 Å². The molecule has 1 saturated heterocycles. The molecule has 0 radical (unpaired) electrons. The summed E-state index contributed by atoms with van der Waals surface area (Å²) < 4.78 is 5.29. The molecule has 1 saturated carbocycles. The molecule has 1 aromatic heterocycles. The van der Waals surface area contributed by atoms with E-state index in [4.69, 9.17) is 4.74 Å². The third-order valence-electron chi connectivity index (χ3n) is 4.08. The van der Waals surface area contributed by atoms with E-state index in [1.54, 1.807) is 4.90 Å². The number of nitrogens with zero attached hydrogens (tertiary/aromatic N) is 1. The Hall–Kier alpha value is -1.76. The summed E-state index contributed by atoms with van der Waals surface area (Å²) in [5, 5.41) is 8.60. The number of carbonyl (C=O) groups is 2. The standard InChI is InChI=1S/C15H21N3O3S/c19-14(17-11-5-2-1-3-6-11)16-9-12-10-18(15(20)21-12)13-7-4-8-22-13/h4,7-8,11-12H,1-3,5-6,9-10H2,(H2,16,17,19). The van der Waals surface area contributed by atoms with Crippen LogP contribution in [0.15, 0.2) is 17.5 Å². The molecule has 7 heteroatoms. The maximum Gasteiger partial charge on any atom is 0.415 e. The maximum absolute atomic E-state index is 11.9. The molecule has 120 valence electrons. The Morgan fingerprint density at radius 1 is 1.36 bits per heavy atom. The Balaban J connectivity index is 1.42. The molecule has 1 aliphatic carbocycles.